The van der Waals surface area contributed by atoms with Crippen molar-refractivity contribution in [2.45, 2.75) is 32.2 Å². The maximum absolute atomic E-state index is 5.50. The van der Waals surface area contributed by atoms with E-state index in [1.165, 1.54) is 31.5 Å². The second-order valence-corrected chi connectivity index (χ2v) is 5.63. The van der Waals surface area contributed by atoms with Crippen LogP contribution in [-0.4, -0.2) is 37.9 Å². The van der Waals surface area contributed by atoms with Crippen molar-refractivity contribution in [1.29, 1.82) is 0 Å². The van der Waals surface area contributed by atoms with E-state index in [-0.39, 0.29) is 0 Å². The van der Waals surface area contributed by atoms with Crippen LogP contribution in [-0.2, 0) is 0 Å². The summed E-state index contributed by atoms with van der Waals surface area (Å²) in [6.07, 6.45) is 3.82. The van der Waals surface area contributed by atoms with Crippen LogP contribution in [0.4, 0.5) is 0 Å². The average Bonchev–Trinajstić information content (AvgIpc) is 3.13. The van der Waals surface area contributed by atoms with Gasteiger partial charge in [0.2, 0.25) is 6.79 Å². The first-order valence-electron chi connectivity index (χ1n) is 7.72. The van der Waals surface area contributed by atoms with Gasteiger partial charge < -0.3 is 19.7 Å². The van der Waals surface area contributed by atoms with Crippen LogP contribution in [0.5, 0.6) is 11.5 Å². The predicted molar refractivity (Wildman–Crippen MR) is 79.3 cm³/mol. The van der Waals surface area contributed by atoms with Crippen LogP contribution >= 0.6 is 0 Å². The first-order valence-corrected chi connectivity index (χ1v) is 7.72. The highest BCUT2D eigenvalue weighted by Gasteiger charge is 2.21. The Labute approximate surface area is 121 Å². The van der Waals surface area contributed by atoms with Gasteiger partial charge >= 0.3 is 0 Å². The van der Waals surface area contributed by atoms with Crippen LogP contribution in [0.2, 0.25) is 0 Å². The Morgan fingerprint density at radius 2 is 2.00 bits per heavy atom. The lowest BCUT2D eigenvalue weighted by molar-refractivity contribution is 0.174. The summed E-state index contributed by atoms with van der Waals surface area (Å²) in [7, 11) is 0. The Bertz CT molecular complexity index is 444. The minimum Gasteiger partial charge on any atom is -0.454 e. The zero-order chi connectivity index (χ0) is 13.8. The molecule has 0 saturated carbocycles. The topological polar surface area (TPSA) is 33.7 Å². The van der Waals surface area contributed by atoms with Crippen LogP contribution in [0.15, 0.2) is 18.2 Å². The predicted octanol–water partition coefficient (Wildman–Crippen LogP) is 2.55. The fourth-order valence-corrected chi connectivity index (χ4v) is 2.96. The third-order valence-electron chi connectivity index (χ3n) is 4.08. The SMILES string of the molecule is CCCNC(CN1CCCC1)c1ccc2c(c1)OCO2. The molecular weight excluding hydrogens is 252 g/mol. The molecule has 1 atom stereocenters. The van der Waals surface area contributed by atoms with Crippen LogP contribution in [0, 0.1) is 0 Å². The Hall–Kier alpha value is -1.26. The molecule has 1 saturated heterocycles. The van der Waals surface area contributed by atoms with Gasteiger partial charge in [0.25, 0.3) is 0 Å². The standard InChI is InChI=1S/C16H24N2O2/c1-2-7-17-14(11-18-8-3-4-9-18)13-5-6-15-16(10-13)20-12-19-15/h5-6,10,14,17H,2-4,7-9,11-12H2,1H3. The Kier molecular flexibility index (Phi) is 4.43. The molecule has 2 aliphatic heterocycles. The van der Waals surface area contributed by atoms with Crippen LogP contribution in [0.25, 0.3) is 0 Å². The summed E-state index contributed by atoms with van der Waals surface area (Å²) in [5.41, 5.74) is 1.30. The van der Waals surface area contributed by atoms with Crippen LogP contribution in [0.3, 0.4) is 0 Å². The third kappa shape index (κ3) is 3.07. The largest absolute Gasteiger partial charge is 0.454 e. The number of rotatable bonds is 6. The monoisotopic (exact) mass is 276 g/mol. The molecule has 1 aromatic carbocycles. The minimum atomic E-state index is 0.345. The summed E-state index contributed by atoms with van der Waals surface area (Å²) in [4.78, 5) is 2.55. The maximum Gasteiger partial charge on any atom is 0.231 e. The Balaban J connectivity index is 1.73. The first-order chi connectivity index (χ1) is 9.86. The van der Waals surface area contributed by atoms with Crippen molar-refractivity contribution in [1.82, 2.24) is 10.2 Å². The quantitative estimate of drug-likeness (QED) is 0.866. The first kappa shape index (κ1) is 13.7. The van der Waals surface area contributed by atoms with Gasteiger partial charge in [0.1, 0.15) is 0 Å². The number of nitrogens with one attached hydrogen (secondary N) is 1. The summed E-state index contributed by atoms with van der Waals surface area (Å²) < 4.78 is 10.9. The van der Waals surface area contributed by atoms with E-state index in [0.717, 1.165) is 31.0 Å². The summed E-state index contributed by atoms with van der Waals surface area (Å²) in [6.45, 7) is 7.15. The van der Waals surface area contributed by atoms with Gasteiger partial charge in [-0.05, 0) is 56.6 Å². The molecule has 0 aliphatic carbocycles. The fraction of sp³-hybridized carbons (Fsp3) is 0.625. The molecule has 1 N–H and O–H groups in total. The molecule has 0 radical (unpaired) electrons. The third-order valence-corrected chi connectivity index (χ3v) is 4.08. The molecule has 0 bridgehead atoms. The lowest BCUT2D eigenvalue weighted by atomic mass is 10.1. The van der Waals surface area contributed by atoms with Crippen LogP contribution in [0.1, 0.15) is 37.8 Å². The molecule has 0 spiro atoms. The van der Waals surface area contributed by atoms with Crippen molar-refractivity contribution < 1.29 is 9.47 Å². The van der Waals surface area contributed by atoms with E-state index in [1.54, 1.807) is 0 Å². The lowest BCUT2D eigenvalue weighted by Gasteiger charge is -2.25. The maximum atomic E-state index is 5.50. The number of hydrogen-bond acceptors (Lipinski definition) is 4. The van der Waals surface area contributed by atoms with Crippen molar-refractivity contribution in [2.75, 3.05) is 33.0 Å². The molecule has 110 valence electrons. The summed E-state index contributed by atoms with van der Waals surface area (Å²) >= 11 is 0. The number of hydrogen-bond donors (Lipinski definition) is 1. The summed E-state index contributed by atoms with van der Waals surface area (Å²) in [6, 6.07) is 6.70. The molecular formula is C16H24N2O2. The van der Waals surface area contributed by atoms with Gasteiger partial charge in [0.15, 0.2) is 11.5 Å². The van der Waals surface area contributed by atoms with E-state index < -0.39 is 0 Å². The molecule has 1 aromatic rings. The van der Waals surface area contributed by atoms with E-state index in [0.29, 0.717) is 12.8 Å². The highest BCUT2D eigenvalue weighted by atomic mass is 16.7. The molecule has 0 aromatic heterocycles. The number of fused-ring (bicyclic) bond motifs is 1. The number of benzene rings is 1. The van der Waals surface area contributed by atoms with Crippen molar-refractivity contribution in [2.24, 2.45) is 0 Å². The average molecular weight is 276 g/mol. The zero-order valence-corrected chi connectivity index (χ0v) is 12.2. The van der Waals surface area contributed by atoms with E-state index in [2.05, 4.69) is 29.3 Å². The summed E-state index contributed by atoms with van der Waals surface area (Å²) in [5, 5.41) is 3.67. The van der Waals surface area contributed by atoms with E-state index in [4.69, 9.17) is 9.47 Å². The van der Waals surface area contributed by atoms with Gasteiger partial charge in [0.05, 0.1) is 0 Å². The van der Waals surface area contributed by atoms with Gasteiger partial charge in [-0.2, -0.15) is 0 Å². The highest BCUT2D eigenvalue weighted by Crippen LogP contribution is 2.34. The zero-order valence-electron chi connectivity index (χ0n) is 12.2. The molecule has 4 nitrogen and oxygen atoms in total. The molecule has 1 unspecified atom stereocenters. The van der Waals surface area contributed by atoms with Gasteiger partial charge in [-0.15, -0.1) is 0 Å². The number of ether oxygens (including phenoxy) is 2. The normalized spacial score (nSPS) is 19.4. The second-order valence-electron chi connectivity index (χ2n) is 5.63. The fourth-order valence-electron chi connectivity index (χ4n) is 2.96. The molecule has 3 rings (SSSR count). The molecule has 4 heteroatoms. The van der Waals surface area contributed by atoms with Gasteiger partial charge in [-0.1, -0.05) is 13.0 Å². The van der Waals surface area contributed by atoms with Crippen molar-refractivity contribution in [3.8, 4) is 11.5 Å². The second kappa shape index (κ2) is 6.46. The molecule has 2 heterocycles. The van der Waals surface area contributed by atoms with Crippen molar-refractivity contribution in [3.05, 3.63) is 23.8 Å². The number of likely N-dealkylation sites (tertiary alicyclic amines) is 1. The van der Waals surface area contributed by atoms with Gasteiger partial charge in [0, 0.05) is 12.6 Å². The van der Waals surface area contributed by atoms with Crippen LogP contribution < -0.4 is 14.8 Å². The molecule has 0 amide bonds. The minimum absolute atomic E-state index is 0.345. The van der Waals surface area contributed by atoms with E-state index in [1.807, 2.05) is 6.07 Å². The molecule has 2 aliphatic rings. The lowest BCUT2D eigenvalue weighted by Crippen LogP contribution is -2.34. The molecule has 1 fully saturated rings. The van der Waals surface area contributed by atoms with Crippen molar-refractivity contribution in [3.63, 3.8) is 0 Å². The number of nitrogens with zero attached hydrogens (tertiary/aromatic N) is 1. The molecule has 20 heavy (non-hydrogen) atoms. The van der Waals surface area contributed by atoms with E-state index >= 15 is 0 Å². The van der Waals surface area contributed by atoms with Gasteiger partial charge in [-0.3, -0.25) is 0 Å². The van der Waals surface area contributed by atoms with Gasteiger partial charge in [-0.25, -0.2) is 0 Å². The van der Waals surface area contributed by atoms with Crippen molar-refractivity contribution >= 4 is 0 Å². The summed E-state index contributed by atoms with van der Waals surface area (Å²) in [5.74, 6) is 1.75. The highest BCUT2D eigenvalue weighted by molar-refractivity contribution is 5.45. The Morgan fingerprint density at radius 3 is 2.80 bits per heavy atom. The Morgan fingerprint density at radius 1 is 1.20 bits per heavy atom. The smallest absolute Gasteiger partial charge is 0.231 e. The van der Waals surface area contributed by atoms with E-state index in [9.17, 15) is 0 Å².